The highest BCUT2D eigenvalue weighted by Crippen LogP contribution is 2.34. The molecule has 0 N–H and O–H groups in total. The second-order valence-corrected chi connectivity index (χ2v) is 7.86. The van der Waals surface area contributed by atoms with Gasteiger partial charge in [0.15, 0.2) is 0 Å². The zero-order valence-electron chi connectivity index (χ0n) is 10.2. The Bertz CT molecular complexity index is 638. The molecule has 20 heavy (non-hydrogen) atoms. The van der Waals surface area contributed by atoms with Crippen LogP contribution >= 0.6 is 33.9 Å². The van der Waals surface area contributed by atoms with Gasteiger partial charge in [0.25, 0.3) is 9.05 Å². The predicted octanol–water partition coefficient (Wildman–Crippen LogP) is 3.88. The highest BCUT2D eigenvalue weighted by molar-refractivity contribution is 8.13. The molecule has 0 aliphatic heterocycles. The van der Waals surface area contributed by atoms with Crippen LogP contribution in [-0.4, -0.2) is 21.0 Å². The zero-order valence-corrected chi connectivity index (χ0v) is 13.3. The molecule has 0 unspecified atom stereocenters. The van der Waals surface area contributed by atoms with Crippen LogP contribution in [0.4, 0.5) is 0 Å². The van der Waals surface area contributed by atoms with Gasteiger partial charge in [-0.1, -0.05) is 36.0 Å². The van der Waals surface area contributed by atoms with E-state index in [1.807, 2.05) is 0 Å². The van der Waals surface area contributed by atoms with Crippen molar-refractivity contribution in [3.05, 3.63) is 27.7 Å². The van der Waals surface area contributed by atoms with E-state index in [1.165, 1.54) is 6.07 Å². The van der Waals surface area contributed by atoms with Gasteiger partial charge < -0.3 is 4.74 Å². The summed E-state index contributed by atoms with van der Waals surface area (Å²) < 4.78 is 27.7. The first-order valence-corrected chi connectivity index (χ1v) is 8.97. The van der Waals surface area contributed by atoms with E-state index in [0.29, 0.717) is 5.92 Å². The molecule has 0 bridgehead atoms. The van der Waals surface area contributed by atoms with E-state index in [4.69, 9.17) is 38.6 Å². The third-order valence-corrected chi connectivity index (χ3v) is 5.16. The molecule has 2 rings (SSSR count). The lowest BCUT2D eigenvalue weighted by molar-refractivity contribution is 0.0495. The lowest BCUT2D eigenvalue weighted by atomic mass is 10.2. The van der Waals surface area contributed by atoms with Crippen LogP contribution in [0.3, 0.4) is 0 Å². The van der Waals surface area contributed by atoms with Gasteiger partial charge in [-0.25, -0.2) is 13.2 Å². The van der Waals surface area contributed by atoms with E-state index in [0.717, 1.165) is 25.3 Å². The number of carbonyl (C=O) groups excluding carboxylic acids is 1. The van der Waals surface area contributed by atoms with Crippen LogP contribution in [-0.2, 0) is 13.8 Å². The minimum Gasteiger partial charge on any atom is -0.462 e. The minimum atomic E-state index is -4.06. The molecule has 0 amide bonds. The summed E-state index contributed by atoms with van der Waals surface area (Å²) in [7, 11) is 1.18. The van der Waals surface area contributed by atoms with Crippen LogP contribution in [0.1, 0.15) is 29.6 Å². The normalized spacial score (nSPS) is 15.2. The molecule has 1 saturated carbocycles. The lowest BCUT2D eigenvalue weighted by Gasteiger charge is -2.09. The van der Waals surface area contributed by atoms with E-state index < -0.39 is 15.0 Å². The Labute approximate surface area is 131 Å². The van der Waals surface area contributed by atoms with Crippen molar-refractivity contribution in [3.8, 4) is 0 Å². The van der Waals surface area contributed by atoms with Crippen LogP contribution in [0.2, 0.25) is 10.0 Å². The number of carbonyl (C=O) groups is 1. The minimum absolute atomic E-state index is 0.0236. The van der Waals surface area contributed by atoms with E-state index in [-0.39, 0.29) is 27.1 Å². The Balaban J connectivity index is 2.22. The lowest BCUT2D eigenvalue weighted by Crippen LogP contribution is -2.10. The Morgan fingerprint density at radius 2 is 1.95 bits per heavy atom. The Hall–Kier alpha value is -0.490. The van der Waals surface area contributed by atoms with Gasteiger partial charge in [0.1, 0.15) is 4.90 Å². The maximum atomic E-state index is 11.9. The van der Waals surface area contributed by atoms with Gasteiger partial charge in [-0.2, -0.15) is 0 Å². The van der Waals surface area contributed by atoms with Crippen LogP contribution in [0.15, 0.2) is 17.0 Å². The van der Waals surface area contributed by atoms with Crippen molar-refractivity contribution in [1.82, 2.24) is 0 Å². The molecule has 0 aromatic heterocycles. The Morgan fingerprint density at radius 1 is 1.30 bits per heavy atom. The van der Waals surface area contributed by atoms with Crippen LogP contribution < -0.4 is 0 Å². The molecular weight excluding hydrogens is 347 g/mol. The van der Waals surface area contributed by atoms with Gasteiger partial charge in [-0.15, -0.1) is 0 Å². The van der Waals surface area contributed by atoms with E-state index in [9.17, 15) is 13.2 Å². The highest BCUT2D eigenvalue weighted by atomic mass is 35.7. The molecule has 0 radical (unpaired) electrons. The maximum absolute atomic E-state index is 11.9. The van der Waals surface area contributed by atoms with Gasteiger partial charge in [0.2, 0.25) is 0 Å². The van der Waals surface area contributed by atoms with Gasteiger partial charge in [-0.3, -0.25) is 0 Å². The summed E-state index contributed by atoms with van der Waals surface area (Å²) in [5, 5.41) is -0.292. The topological polar surface area (TPSA) is 60.4 Å². The van der Waals surface area contributed by atoms with Gasteiger partial charge in [-0.05, 0) is 24.5 Å². The fourth-order valence-electron chi connectivity index (χ4n) is 1.71. The summed E-state index contributed by atoms with van der Waals surface area (Å²) in [4.78, 5) is 11.6. The van der Waals surface area contributed by atoms with Crippen molar-refractivity contribution in [2.75, 3.05) is 6.61 Å². The number of benzene rings is 1. The van der Waals surface area contributed by atoms with E-state index >= 15 is 0 Å². The average molecular weight is 358 g/mol. The second kappa shape index (κ2) is 6.10. The third kappa shape index (κ3) is 3.79. The Morgan fingerprint density at radius 3 is 2.50 bits per heavy atom. The van der Waals surface area contributed by atoms with Crippen LogP contribution in [0.5, 0.6) is 0 Å². The van der Waals surface area contributed by atoms with Crippen molar-refractivity contribution in [2.45, 2.75) is 24.2 Å². The maximum Gasteiger partial charge on any atom is 0.341 e. The largest absolute Gasteiger partial charge is 0.462 e. The molecule has 4 nitrogen and oxygen atoms in total. The fourth-order valence-corrected chi connectivity index (χ4v) is 3.59. The van der Waals surface area contributed by atoms with Crippen molar-refractivity contribution in [3.63, 3.8) is 0 Å². The number of rotatable bonds is 5. The number of hydrogen-bond acceptors (Lipinski definition) is 4. The molecule has 0 atom stereocenters. The molecule has 1 aromatic rings. The molecule has 110 valence electrons. The fraction of sp³-hybridized carbons (Fsp3) is 0.417. The van der Waals surface area contributed by atoms with Crippen molar-refractivity contribution in [2.24, 2.45) is 5.92 Å². The quantitative estimate of drug-likeness (QED) is 0.593. The molecule has 1 aliphatic rings. The first kappa shape index (κ1) is 15.9. The second-order valence-electron chi connectivity index (χ2n) is 4.54. The molecule has 1 aromatic carbocycles. The molecule has 0 heterocycles. The molecule has 0 saturated heterocycles. The zero-order chi connectivity index (χ0) is 14.9. The van der Waals surface area contributed by atoms with Crippen LogP contribution in [0, 0.1) is 5.92 Å². The van der Waals surface area contributed by atoms with Crippen molar-refractivity contribution in [1.29, 1.82) is 0 Å². The number of ether oxygens (including phenoxy) is 1. The number of hydrogen-bond donors (Lipinski definition) is 0. The third-order valence-electron chi connectivity index (χ3n) is 2.98. The highest BCUT2D eigenvalue weighted by Gasteiger charge is 2.26. The molecule has 0 spiro atoms. The van der Waals surface area contributed by atoms with Crippen LogP contribution in [0.25, 0.3) is 0 Å². The molecule has 8 heteroatoms. The van der Waals surface area contributed by atoms with Crippen molar-refractivity contribution < 1.29 is 17.9 Å². The van der Waals surface area contributed by atoms with E-state index in [2.05, 4.69) is 0 Å². The van der Waals surface area contributed by atoms with Gasteiger partial charge >= 0.3 is 5.97 Å². The standard InChI is InChI=1S/C12H11Cl3O4S/c13-8-3-4-9(20(15,17)18)11(14)10(8)12(16)19-6-5-7-1-2-7/h3-4,7H,1-2,5-6H2. The number of esters is 1. The first-order chi connectivity index (χ1) is 9.30. The summed E-state index contributed by atoms with van der Waals surface area (Å²) in [5.41, 5.74) is -0.175. The molecular formula is C12H11Cl3O4S. The average Bonchev–Trinajstić information content (AvgIpc) is 3.11. The molecule has 1 aliphatic carbocycles. The van der Waals surface area contributed by atoms with Gasteiger partial charge in [0, 0.05) is 10.7 Å². The smallest absolute Gasteiger partial charge is 0.341 e. The van der Waals surface area contributed by atoms with Gasteiger partial charge in [0.05, 0.1) is 22.2 Å². The monoisotopic (exact) mass is 356 g/mol. The molecule has 1 fully saturated rings. The predicted molar refractivity (Wildman–Crippen MR) is 77.1 cm³/mol. The summed E-state index contributed by atoms with van der Waals surface area (Å²) >= 11 is 11.8. The summed E-state index contributed by atoms with van der Waals surface area (Å²) in [6.07, 6.45) is 3.09. The Kier molecular flexibility index (Phi) is 4.84. The summed E-state index contributed by atoms with van der Waals surface area (Å²) in [6, 6.07) is 2.40. The van der Waals surface area contributed by atoms with E-state index in [1.54, 1.807) is 0 Å². The van der Waals surface area contributed by atoms with Crippen molar-refractivity contribution >= 4 is 48.9 Å². The first-order valence-electron chi connectivity index (χ1n) is 5.90. The SMILES string of the molecule is O=C(OCCC1CC1)c1c(Cl)ccc(S(=O)(=O)Cl)c1Cl. The summed E-state index contributed by atoms with van der Waals surface area (Å²) in [5.74, 6) is -0.133. The number of halogens is 3. The summed E-state index contributed by atoms with van der Waals surface area (Å²) in [6.45, 7) is 0.258.